The van der Waals surface area contributed by atoms with Crippen LogP contribution in [-0.4, -0.2) is 55.2 Å². The summed E-state index contributed by atoms with van der Waals surface area (Å²) in [6, 6.07) is 12.2. The molecule has 1 aliphatic rings. The number of hydrogen-bond donors (Lipinski definition) is 2. The van der Waals surface area contributed by atoms with Gasteiger partial charge in [0.2, 0.25) is 5.91 Å². The summed E-state index contributed by atoms with van der Waals surface area (Å²) in [5.41, 5.74) is 3.13. The molecule has 1 aliphatic heterocycles. The second-order valence-electron chi connectivity index (χ2n) is 7.08. The molecule has 0 aliphatic carbocycles. The minimum Gasteiger partial charge on any atom is -0.493 e. The molecule has 0 fully saturated rings. The first-order valence-electron chi connectivity index (χ1n) is 9.52. The van der Waals surface area contributed by atoms with E-state index in [2.05, 4.69) is 5.32 Å². The fourth-order valence-electron chi connectivity index (χ4n) is 3.57. The first-order valence-corrected chi connectivity index (χ1v) is 9.52. The lowest BCUT2D eigenvalue weighted by molar-refractivity contribution is -0.142. The normalized spacial score (nSPS) is 14.6. The maximum Gasteiger partial charge on any atom is 0.326 e. The molecule has 154 valence electrons. The van der Waals surface area contributed by atoms with E-state index < -0.39 is 12.0 Å². The summed E-state index contributed by atoms with van der Waals surface area (Å²) in [7, 11) is 3.20. The highest BCUT2D eigenvalue weighted by molar-refractivity contribution is 5.84. The van der Waals surface area contributed by atoms with Gasteiger partial charge in [0.1, 0.15) is 6.04 Å². The molecule has 0 spiro atoms. The lowest BCUT2D eigenvalue weighted by Crippen LogP contribution is -2.47. The van der Waals surface area contributed by atoms with Gasteiger partial charge in [-0.2, -0.15) is 0 Å². The SMILES string of the molecule is COc1cc2c(cc1OC)CN(CC(=O)N[C@@H](Cc1ccccc1)C(=O)O)CC2. The van der Waals surface area contributed by atoms with Crippen molar-refractivity contribution < 1.29 is 24.2 Å². The van der Waals surface area contributed by atoms with Crippen molar-refractivity contribution in [1.82, 2.24) is 10.2 Å². The average molecular weight is 398 g/mol. The predicted octanol–water partition coefficient (Wildman–Crippen LogP) is 1.87. The molecule has 3 rings (SSSR count). The van der Waals surface area contributed by atoms with Gasteiger partial charge in [-0.3, -0.25) is 9.69 Å². The number of fused-ring (bicyclic) bond motifs is 1. The fourth-order valence-corrected chi connectivity index (χ4v) is 3.57. The van der Waals surface area contributed by atoms with Gasteiger partial charge < -0.3 is 19.9 Å². The Hall–Kier alpha value is -3.06. The number of benzene rings is 2. The van der Waals surface area contributed by atoms with Crippen molar-refractivity contribution in [1.29, 1.82) is 0 Å². The maximum absolute atomic E-state index is 12.5. The Labute approximate surface area is 170 Å². The zero-order valence-corrected chi connectivity index (χ0v) is 16.7. The summed E-state index contributed by atoms with van der Waals surface area (Å²) in [6.07, 6.45) is 1.04. The van der Waals surface area contributed by atoms with Crippen LogP contribution in [0, 0.1) is 0 Å². The third-order valence-corrected chi connectivity index (χ3v) is 5.08. The summed E-state index contributed by atoms with van der Waals surface area (Å²) in [4.78, 5) is 26.1. The number of nitrogens with zero attached hydrogens (tertiary/aromatic N) is 1. The number of carbonyl (C=O) groups is 2. The van der Waals surface area contributed by atoms with E-state index in [1.54, 1.807) is 14.2 Å². The maximum atomic E-state index is 12.5. The molecule has 1 atom stereocenters. The van der Waals surface area contributed by atoms with Gasteiger partial charge in [-0.15, -0.1) is 0 Å². The second kappa shape index (κ2) is 9.43. The number of methoxy groups -OCH3 is 2. The van der Waals surface area contributed by atoms with Crippen LogP contribution in [-0.2, 0) is 29.0 Å². The van der Waals surface area contributed by atoms with Crippen LogP contribution in [0.4, 0.5) is 0 Å². The highest BCUT2D eigenvalue weighted by atomic mass is 16.5. The molecule has 2 aromatic rings. The molecule has 0 saturated carbocycles. The smallest absolute Gasteiger partial charge is 0.326 e. The Kier molecular flexibility index (Phi) is 6.72. The highest BCUT2D eigenvalue weighted by Crippen LogP contribution is 2.33. The van der Waals surface area contributed by atoms with E-state index in [9.17, 15) is 14.7 Å². The van der Waals surface area contributed by atoms with Crippen molar-refractivity contribution in [2.75, 3.05) is 27.3 Å². The third-order valence-electron chi connectivity index (χ3n) is 5.08. The lowest BCUT2D eigenvalue weighted by atomic mass is 9.98. The van der Waals surface area contributed by atoms with Gasteiger partial charge in [-0.25, -0.2) is 4.79 Å². The molecule has 0 aromatic heterocycles. The number of rotatable bonds is 8. The van der Waals surface area contributed by atoms with E-state index in [0.29, 0.717) is 24.6 Å². The van der Waals surface area contributed by atoms with Crippen LogP contribution in [0.15, 0.2) is 42.5 Å². The van der Waals surface area contributed by atoms with Gasteiger partial charge in [-0.1, -0.05) is 30.3 Å². The molecule has 1 heterocycles. The van der Waals surface area contributed by atoms with E-state index >= 15 is 0 Å². The van der Waals surface area contributed by atoms with E-state index in [4.69, 9.17) is 9.47 Å². The van der Waals surface area contributed by atoms with Crippen LogP contribution in [0.2, 0.25) is 0 Å². The number of nitrogens with one attached hydrogen (secondary N) is 1. The van der Waals surface area contributed by atoms with Crippen LogP contribution in [0.3, 0.4) is 0 Å². The molecule has 0 saturated heterocycles. The second-order valence-corrected chi connectivity index (χ2v) is 7.08. The Balaban J connectivity index is 1.61. The minimum atomic E-state index is -1.04. The first kappa shape index (κ1) is 20.7. The number of aliphatic carboxylic acids is 1. The molecule has 7 nitrogen and oxygen atoms in total. The van der Waals surface area contributed by atoms with E-state index in [0.717, 1.165) is 17.5 Å². The van der Waals surface area contributed by atoms with Crippen molar-refractivity contribution in [2.24, 2.45) is 0 Å². The zero-order chi connectivity index (χ0) is 20.8. The Morgan fingerprint density at radius 1 is 1.10 bits per heavy atom. The lowest BCUT2D eigenvalue weighted by Gasteiger charge is -2.29. The number of carboxylic acids is 1. The summed E-state index contributed by atoms with van der Waals surface area (Å²) in [6.45, 7) is 1.46. The molecule has 0 radical (unpaired) electrons. The van der Waals surface area contributed by atoms with Gasteiger partial charge in [-0.05, 0) is 35.2 Å². The van der Waals surface area contributed by atoms with Gasteiger partial charge >= 0.3 is 5.97 Å². The van der Waals surface area contributed by atoms with Crippen molar-refractivity contribution >= 4 is 11.9 Å². The number of carboxylic acid groups (broad SMARTS) is 1. The van der Waals surface area contributed by atoms with E-state index in [1.165, 1.54) is 5.56 Å². The molecule has 1 amide bonds. The van der Waals surface area contributed by atoms with Crippen LogP contribution < -0.4 is 14.8 Å². The van der Waals surface area contributed by atoms with Gasteiger partial charge in [0.05, 0.1) is 20.8 Å². The summed E-state index contributed by atoms with van der Waals surface area (Å²) in [5.74, 6) is 0.0225. The molecule has 2 aromatic carbocycles. The number of amides is 1. The topological polar surface area (TPSA) is 88.1 Å². The van der Waals surface area contributed by atoms with Crippen molar-refractivity contribution in [3.63, 3.8) is 0 Å². The van der Waals surface area contributed by atoms with Crippen LogP contribution in [0.5, 0.6) is 11.5 Å². The highest BCUT2D eigenvalue weighted by Gasteiger charge is 2.24. The molecular weight excluding hydrogens is 372 g/mol. The van der Waals surface area contributed by atoms with Crippen LogP contribution in [0.1, 0.15) is 16.7 Å². The van der Waals surface area contributed by atoms with Gasteiger partial charge in [0.15, 0.2) is 11.5 Å². The van der Waals surface area contributed by atoms with E-state index in [1.807, 2.05) is 47.4 Å². The standard InChI is InChI=1S/C22H26N2O5/c1-28-19-11-16-8-9-24(13-17(16)12-20(19)29-2)14-21(25)23-18(22(26)27)10-15-6-4-3-5-7-15/h3-7,11-12,18H,8-10,13-14H2,1-2H3,(H,23,25)(H,26,27)/t18-/m0/s1. The monoisotopic (exact) mass is 398 g/mol. The molecule has 29 heavy (non-hydrogen) atoms. The zero-order valence-electron chi connectivity index (χ0n) is 16.7. The van der Waals surface area contributed by atoms with Gasteiger partial charge in [0, 0.05) is 19.5 Å². The number of carbonyl (C=O) groups excluding carboxylic acids is 1. The predicted molar refractivity (Wildman–Crippen MR) is 108 cm³/mol. The third kappa shape index (κ3) is 5.26. The summed E-state index contributed by atoms with van der Waals surface area (Å²) < 4.78 is 10.7. The number of ether oxygens (including phenoxy) is 2. The van der Waals surface area contributed by atoms with Gasteiger partial charge in [0.25, 0.3) is 0 Å². The van der Waals surface area contributed by atoms with Crippen molar-refractivity contribution in [3.8, 4) is 11.5 Å². The van der Waals surface area contributed by atoms with E-state index in [-0.39, 0.29) is 18.9 Å². The van der Waals surface area contributed by atoms with Crippen LogP contribution in [0.25, 0.3) is 0 Å². The molecule has 0 bridgehead atoms. The molecular formula is C22H26N2O5. The van der Waals surface area contributed by atoms with Crippen LogP contribution >= 0.6 is 0 Å². The first-order chi connectivity index (χ1) is 14.0. The Bertz CT molecular complexity index is 869. The molecule has 2 N–H and O–H groups in total. The summed E-state index contributed by atoms with van der Waals surface area (Å²) >= 11 is 0. The fraction of sp³-hybridized carbons (Fsp3) is 0.364. The summed E-state index contributed by atoms with van der Waals surface area (Å²) in [5, 5.41) is 12.1. The molecule has 0 unspecified atom stereocenters. The Morgan fingerprint density at radius 2 is 1.76 bits per heavy atom. The number of hydrogen-bond acceptors (Lipinski definition) is 5. The largest absolute Gasteiger partial charge is 0.493 e. The van der Waals surface area contributed by atoms with Crippen molar-refractivity contribution in [2.45, 2.75) is 25.4 Å². The minimum absolute atomic E-state index is 0.145. The molecule has 7 heteroatoms. The van der Waals surface area contributed by atoms with Crippen molar-refractivity contribution in [3.05, 3.63) is 59.2 Å². The average Bonchev–Trinajstić information content (AvgIpc) is 2.72. The Morgan fingerprint density at radius 3 is 2.38 bits per heavy atom. The quantitative estimate of drug-likeness (QED) is 0.706.